The lowest BCUT2D eigenvalue weighted by Crippen LogP contribution is -2.40. The van der Waals surface area contributed by atoms with Gasteiger partial charge in [-0.15, -0.1) is 5.10 Å². The quantitative estimate of drug-likeness (QED) is 0.820. The molecule has 140 valence electrons. The Bertz CT molecular complexity index is 678. The average molecular weight is 355 g/mol. The van der Waals surface area contributed by atoms with E-state index in [0.717, 1.165) is 13.1 Å². The molecule has 0 radical (unpaired) electrons. The topological polar surface area (TPSA) is 63.4 Å². The third-order valence-electron chi connectivity index (χ3n) is 6.00. The molecule has 2 saturated carbocycles. The van der Waals surface area contributed by atoms with Gasteiger partial charge >= 0.3 is 0 Å². The highest BCUT2D eigenvalue weighted by molar-refractivity contribution is 5.90. The Hall–Kier alpha value is -1.98. The lowest BCUT2D eigenvalue weighted by Gasteiger charge is -2.33. The van der Waals surface area contributed by atoms with Crippen LogP contribution in [-0.2, 0) is 0 Å². The Labute approximate surface area is 155 Å². The van der Waals surface area contributed by atoms with Gasteiger partial charge in [0.25, 0.3) is 11.7 Å². The van der Waals surface area contributed by atoms with Gasteiger partial charge in [0.1, 0.15) is 0 Å². The van der Waals surface area contributed by atoms with E-state index in [2.05, 4.69) is 20.0 Å². The molecule has 0 saturated heterocycles. The first-order valence-electron chi connectivity index (χ1n) is 10.3. The van der Waals surface area contributed by atoms with Crippen molar-refractivity contribution in [3.63, 3.8) is 0 Å². The largest absolute Gasteiger partial charge is 0.335 e. The fourth-order valence-corrected chi connectivity index (χ4v) is 4.57. The maximum atomic E-state index is 13.2. The summed E-state index contributed by atoms with van der Waals surface area (Å²) >= 11 is 0. The van der Waals surface area contributed by atoms with Gasteiger partial charge in [-0.1, -0.05) is 38.5 Å². The molecule has 1 amide bonds. The van der Waals surface area contributed by atoms with Crippen LogP contribution in [0.1, 0.15) is 74.8 Å². The van der Waals surface area contributed by atoms with E-state index in [9.17, 15) is 4.79 Å². The van der Waals surface area contributed by atoms with Crippen LogP contribution in [0.5, 0.6) is 0 Å². The maximum Gasteiger partial charge on any atom is 0.293 e. The Balaban J connectivity index is 1.52. The number of nitrogens with zero attached hydrogens (tertiary/aromatic N) is 5. The summed E-state index contributed by atoms with van der Waals surface area (Å²) in [4.78, 5) is 23.8. The van der Waals surface area contributed by atoms with Crippen LogP contribution < -0.4 is 0 Å². The maximum absolute atomic E-state index is 13.2. The van der Waals surface area contributed by atoms with Crippen LogP contribution in [0.2, 0.25) is 0 Å². The van der Waals surface area contributed by atoms with Crippen LogP contribution in [0.4, 0.5) is 0 Å². The molecule has 2 aromatic rings. The highest BCUT2D eigenvalue weighted by Crippen LogP contribution is 2.28. The normalized spacial score (nSPS) is 19.7. The Morgan fingerprint density at radius 2 is 1.62 bits per heavy atom. The summed E-state index contributed by atoms with van der Waals surface area (Å²) < 4.78 is 1.59. The highest BCUT2D eigenvalue weighted by Gasteiger charge is 2.27. The van der Waals surface area contributed by atoms with Gasteiger partial charge in [-0.25, -0.2) is 9.50 Å². The van der Waals surface area contributed by atoms with E-state index < -0.39 is 0 Å². The van der Waals surface area contributed by atoms with Crippen LogP contribution in [-0.4, -0.2) is 43.5 Å². The lowest BCUT2D eigenvalue weighted by molar-refractivity contribution is 0.0653. The van der Waals surface area contributed by atoms with E-state index in [4.69, 9.17) is 0 Å². The Morgan fingerprint density at radius 1 is 1.00 bits per heavy atom. The first kappa shape index (κ1) is 17.4. The molecule has 2 aromatic heterocycles. The number of rotatable bonds is 5. The lowest BCUT2D eigenvalue weighted by atomic mass is 9.87. The fourth-order valence-electron chi connectivity index (χ4n) is 4.57. The van der Waals surface area contributed by atoms with E-state index in [0.29, 0.717) is 17.6 Å². The molecule has 0 spiro atoms. The first-order chi connectivity index (χ1) is 12.8. The number of hydrogen-bond donors (Lipinski definition) is 0. The minimum Gasteiger partial charge on any atom is -0.335 e. The van der Waals surface area contributed by atoms with Crippen molar-refractivity contribution in [2.24, 2.45) is 11.8 Å². The molecule has 6 heteroatoms. The van der Waals surface area contributed by atoms with Gasteiger partial charge in [-0.2, -0.15) is 4.98 Å². The summed E-state index contributed by atoms with van der Waals surface area (Å²) in [6, 6.07) is 1.80. The molecule has 0 unspecified atom stereocenters. The average Bonchev–Trinajstić information content (AvgIpc) is 3.13. The minimum absolute atomic E-state index is 0.0216. The summed E-state index contributed by atoms with van der Waals surface area (Å²) in [5.41, 5.74) is 0. The van der Waals surface area contributed by atoms with Gasteiger partial charge < -0.3 is 4.90 Å². The molecule has 0 N–H and O–H groups in total. The predicted molar refractivity (Wildman–Crippen MR) is 99.8 cm³/mol. The van der Waals surface area contributed by atoms with Crippen LogP contribution >= 0.6 is 0 Å². The predicted octanol–water partition coefficient (Wildman–Crippen LogP) is 3.73. The Morgan fingerprint density at radius 3 is 2.19 bits per heavy atom. The monoisotopic (exact) mass is 355 g/mol. The molecule has 2 aliphatic carbocycles. The number of fused-ring (bicyclic) bond motifs is 1. The molecule has 2 heterocycles. The zero-order chi connectivity index (χ0) is 17.8. The second-order valence-corrected chi connectivity index (χ2v) is 8.02. The van der Waals surface area contributed by atoms with Crippen molar-refractivity contribution in [1.29, 1.82) is 0 Å². The van der Waals surface area contributed by atoms with Crippen LogP contribution in [0.3, 0.4) is 0 Å². The van der Waals surface area contributed by atoms with Gasteiger partial charge in [-0.3, -0.25) is 4.79 Å². The zero-order valence-corrected chi connectivity index (χ0v) is 15.5. The van der Waals surface area contributed by atoms with Crippen LogP contribution in [0.25, 0.3) is 5.78 Å². The standard InChI is InChI=1S/C20H29N5O/c26-19(18-22-20-21-12-7-13-25(20)23-18)24(14-16-8-3-1-4-9-16)15-17-10-5-2-6-11-17/h7,12-13,16-17H,1-6,8-11,14-15H2. The summed E-state index contributed by atoms with van der Waals surface area (Å²) in [5, 5.41) is 4.37. The molecule has 6 nitrogen and oxygen atoms in total. The van der Waals surface area contributed by atoms with Crippen LogP contribution in [0.15, 0.2) is 18.5 Å². The van der Waals surface area contributed by atoms with Gasteiger partial charge in [0.2, 0.25) is 5.82 Å². The Kier molecular flexibility index (Phi) is 5.46. The number of carbonyl (C=O) groups excluding carboxylic acids is 1. The van der Waals surface area contributed by atoms with Crippen molar-refractivity contribution in [1.82, 2.24) is 24.5 Å². The molecular formula is C20H29N5O. The molecule has 0 aliphatic heterocycles. The van der Waals surface area contributed by atoms with Crippen molar-refractivity contribution >= 4 is 11.7 Å². The summed E-state index contributed by atoms with van der Waals surface area (Å²) in [6.45, 7) is 1.72. The molecule has 0 aromatic carbocycles. The molecule has 0 bridgehead atoms. The van der Waals surface area contributed by atoms with Crippen LogP contribution in [0, 0.1) is 11.8 Å². The first-order valence-corrected chi connectivity index (χ1v) is 10.3. The third-order valence-corrected chi connectivity index (χ3v) is 6.00. The molecule has 2 fully saturated rings. The number of hydrogen-bond acceptors (Lipinski definition) is 4. The molecule has 26 heavy (non-hydrogen) atoms. The van der Waals surface area contributed by atoms with Crippen molar-refractivity contribution in [2.75, 3.05) is 13.1 Å². The van der Waals surface area contributed by atoms with E-state index in [1.165, 1.54) is 64.2 Å². The second kappa shape index (κ2) is 8.14. The van der Waals surface area contributed by atoms with E-state index in [-0.39, 0.29) is 11.7 Å². The number of carbonyl (C=O) groups is 1. The smallest absolute Gasteiger partial charge is 0.293 e. The van der Waals surface area contributed by atoms with E-state index >= 15 is 0 Å². The van der Waals surface area contributed by atoms with E-state index in [1.807, 2.05) is 0 Å². The summed E-state index contributed by atoms with van der Waals surface area (Å²) in [5.74, 6) is 2.02. The number of amides is 1. The van der Waals surface area contributed by atoms with Gasteiger partial charge in [-0.05, 0) is 43.6 Å². The molecule has 2 aliphatic rings. The summed E-state index contributed by atoms with van der Waals surface area (Å²) in [7, 11) is 0. The fraction of sp³-hybridized carbons (Fsp3) is 0.700. The SMILES string of the molecule is O=C(c1nc2ncccn2n1)N(CC1CCCCC1)CC1CCCCC1. The third kappa shape index (κ3) is 4.05. The van der Waals surface area contributed by atoms with Gasteiger partial charge in [0.05, 0.1) is 0 Å². The summed E-state index contributed by atoms with van der Waals surface area (Å²) in [6.07, 6.45) is 16.3. The van der Waals surface area contributed by atoms with Gasteiger partial charge in [0.15, 0.2) is 0 Å². The second-order valence-electron chi connectivity index (χ2n) is 8.02. The number of aromatic nitrogens is 4. The minimum atomic E-state index is -0.0216. The van der Waals surface area contributed by atoms with Crippen molar-refractivity contribution in [2.45, 2.75) is 64.2 Å². The van der Waals surface area contributed by atoms with Crippen molar-refractivity contribution < 1.29 is 4.79 Å². The molecule has 0 atom stereocenters. The molecular weight excluding hydrogens is 326 g/mol. The zero-order valence-electron chi connectivity index (χ0n) is 15.5. The van der Waals surface area contributed by atoms with Crippen molar-refractivity contribution in [3.05, 3.63) is 24.3 Å². The highest BCUT2D eigenvalue weighted by atomic mass is 16.2. The van der Waals surface area contributed by atoms with E-state index in [1.54, 1.807) is 23.0 Å². The van der Waals surface area contributed by atoms with Crippen molar-refractivity contribution in [3.8, 4) is 0 Å². The van der Waals surface area contributed by atoms with Gasteiger partial charge in [0, 0.05) is 25.5 Å². The molecule has 4 rings (SSSR count).